The van der Waals surface area contributed by atoms with Gasteiger partial charge in [-0.05, 0) is 36.2 Å². The minimum atomic E-state index is -0.382. The molecule has 4 heteroatoms. The molecule has 2 aromatic carbocycles. The highest BCUT2D eigenvalue weighted by molar-refractivity contribution is 6.31. The molecular formula is C17H16ClFN2. The van der Waals surface area contributed by atoms with E-state index in [0.29, 0.717) is 13.1 Å². The van der Waals surface area contributed by atoms with Crippen LogP contribution in [0.15, 0.2) is 48.7 Å². The number of hydrogen-bond acceptors (Lipinski definition) is 1. The zero-order chi connectivity index (χ0) is 14.8. The quantitative estimate of drug-likeness (QED) is 0.776. The van der Waals surface area contributed by atoms with Crippen LogP contribution in [0.1, 0.15) is 11.1 Å². The second-order valence-electron chi connectivity index (χ2n) is 5.05. The van der Waals surface area contributed by atoms with Gasteiger partial charge in [0.2, 0.25) is 0 Å². The molecule has 1 aromatic heterocycles. The number of fused-ring (bicyclic) bond motifs is 1. The second kappa shape index (κ2) is 5.88. The Kier molecular flexibility index (Phi) is 3.95. The Bertz CT molecular complexity index is 780. The van der Waals surface area contributed by atoms with Gasteiger partial charge in [-0.15, -0.1) is 0 Å². The Morgan fingerprint density at radius 3 is 2.67 bits per heavy atom. The summed E-state index contributed by atoms with van der Waals surface area (Å²) < 4.78 is 15.7. The van der Waals surface area contributed by atoms with Gasteiger partial charge in [0.05, 0.1) is 5.02 Å². The highest BCUT2D eigenvalue weighted by Gasteiger charge is 2.10. The molecule has 1 heterocycles. The number of halogens is 2. The van der Waals surface area contributed by atoms with Gasteiger partial charge < -0.3 is 10.3 Å². The number of rotatable bonds is 4. The molecule has 21 heavy (non-hydrogen) atoms. The normalized spacial score (nSPS) is 11.2. The molecule has 3 rings (SSSR count). The van der Waals surface area contributed by atoms with E-state index < -0.39 is 0 Å². The lowest BCUT2D eigenvalue weighted by molar-refractivity contribution is 0.624. The summed E-state index contributed by atoms with van der Waals surface area (Å²) >= 11 is 6.05. The van der Waals surface area contributed by atoms with Crippen LogP contribution in [0.5, 0.6) is 0 Å². The van der Waals surface area contributed by atoms with Gasteiger partial charge in [0.15, 0.2) is 0 Å². The third-order valence-corrected chi connectivity index (χ3v) is 4.08. The highest BCUT2D eigenvalue weighted by Crippen LogP contribution is 2.25. The zero-order valence-corrected chi connectivity index (χ0v) is 12.3. The molecule has 0 unspecified atom stereocenters. The van der Waals surface area contributed by atoms with E-state index in [1.165, 1.54) is 17.0 Å². The Morgan fingerprint density at radius 1 is 1.05 bits per heavy atom. The van der Waals surface area contributed by atoms with Gasteiger partial charge in [-0.2, -0.15) is 0 Å². The predicted molar refractivity (Wildman–Crippen MR) is 85.2 cm³/mol. The van der Waals surface area contributed by atoms with Crippen LogP contribution in [-0.4, -0.2) is 11.1 Å². The molecule has 2 N–H and O–H groups in total. The molecule has 108 valence electrons. The van der Waals surface area contributed by atoms with E-state index >= 15 is 0 Å². The molecule has 2 nitrogen and oxygen atoms in total. The van der Waals surface area contributed by atoms with E-state index in [1.807, 2.05) is 18.2 Å². The van der Waals surface area contributed by atoms with Crippen molar-refractivity contribution in [2.24, 2.45) is 5.73 Å². The van der Waals surface area contributed by atoms with E-state index in [-0.39, 0.29) is 10.8 Å². The first kappa shape index (κ1) is 14.1. The smallest absolute Gasteiger partial charge is 0.142 e. The fourth-order valence-corrected chi connectivity index (χ4v) is 2.85. The number of para-hydroxylation sites is 1. The van der Waals surface area contributed by atoms with Crippen molar-refractivity contribution in [3.8, 4) is 0 Å². The number of nitrogens with zero attached hydrogens (tertiary/aromatic N) is 1. The van der Waals surface area contributed by atoms with Crippen LogP contribution in [0.2, 0.25) is 5.02 Å². The summed E-state index contributed by atoms with van der Waals surface area (Å²) in [6, 6.07) is 13.1. The first-order valence-corrected chi connectivity index (χ1v) is 7.28. The molecule has 0 aliphatic carbocycles. The Labute approximate surface area is 127 Å². The number of nitrogens with two attached hydrogens (primary N) is 1. The van der Waals surface area contributed by atoms with E-state index in [9.17, 15) is 4.39 Å². The van der Waals surface area contributed by atoms with Crippen molar-refractivity contribution < 1.29 is 4.39 Å². The van der Waals surface area contributed by atoms with E-state index in [2.05, 4.69) is 22.9 Å². The van der Waals surface area contributed by atoms with Crippen LogP contribution in [0.25, 0.3) is 10.9 Å². The fourth-order valence-electron chi connectivity index (χ4n) is 2.66. The molecule has 0 saturated heterocycles. The summed E-state index contributed by atoms with van der Waals surface area (Å²) in [6.07, 6.45) is 2.91. The first-order chi connectivity index (χ1) is 10.2. The molecule has 0 saturated carbocycles. The highest BCUT2D eigenvalue weighted by atomic mass is 35.5. The molecule has 0 atom stereocenters. The molecule has 0 radical (unpaired) electrons. The molecule has 0 aliphatic rings. The summed E-state index contributed by atoms with van der Waals surface area (Å²) in [7, 11) is 0. The van der Waals surface area contributed by atoms with Crippen LogP contribution in [0.4, 0.5) is 4.39 Å². The number of hydrogen-bond donors (Lipinski definition) is 1. The average Bonchev–Trinajstić information content (AvgIpc) is 2.83. The Morgan fingerprint density at radius 2 is 1.86 bits per heavy atom. The van der Waals surface area contributed by atoms with E-state index in [4.69, 9.17) is 17.3 Å². The van der Waals surface area contributed by atoms with E-state index in [0.717, 1.165) is 17.5 Å². The summed E-state index contributed by atoms with van der Waals surface area (Å²) in [5.41, 5.74) is 8.77. The monoisotopic (exact) mass is 302 g/mol. The zero-order valence-electron chi connectivity index (χ0n) is 11.5. The van der Waals surface area contributed by atoms with Gasteiger partial charge in [0, 0.05) is 23.6 Å². The molecule has 0 aliphatic heterocycles. The van der Waals surface area contributed by atoms with Gasteiger partial charge in [-0.1, -0.05) is 41.9 Å². The lowest BCUT2D eigenvalue weighted by atomic mass is 10.1. The maximum atomic E-state index is 13.6. The lowest BCUT2D eigenvalue weighted by Gasteiger charge is -2.08. The predicted octanol–water partition coefficient (Wildman–Crippen LogP) is 3.98. The SMILES string of the molecule is NCCc1cn(Cc2cccc(F)c2Cl)c2ccccc12. The average molecular weight is 303 g/mol. The summed E-state index contributed by atoms with van der Waals surface area (Å²) in [4.78, 5) is 0. The molecule has 0 fully saturated rings. The molecule has 3 aromatic rings. The standard InChI is InChI=1S/C17H16ClFN2/c18-17-13(4-3-6-15(17)19)11-21-10-12(8-9-20)14-5-1-2-7-16(14)21/h1-7,10H,8-9,11,20H2. The lowest BCUT2D eigenvalue weighted by Crippen LogP contribution is -2.02. The van der Waals surface area contributed by atoms with Crippen molar-refractivity contribution in [1.29, 1.82) is 0 Å². The van der Waals surface area contributed by atoms with Crippen LogP contribution < -0.4 is 5.73 Å². The van der Waals surface area contributed by atoms with Gasteiger partial charge >= 0.3 is 0 Å². The summed E-state index contributed by atoms with van der Waals surface area (Å²) in [5.74, 6) is -0.382. The Balaban J connectivity index is 2.06. The molecular weight excluding hydrogens is 287 g/mol. The molecule has 0 spiro atoms. The van der Waals surface area contributed by atoms with Crippen LogP contribution in [0, 0.1) is 5.82 Å². The van der Waals surface area contributed by atoms with Gasteiger partial charge in [-0.25, -0.2) is 4.39 Å². The van der Waals surface area contributed by atoms with Crippen molar-refractivity contribution in [3.63, 3.8) is 0 Å². The summed E-state index contributed by atoms with van der Waals surface area (Å²) in [6.45, 7) is 1.15. The Hall–Kier alpha value is -1.84. The maximum absolute atomic E-state index is 13.6. The number of benzene rings is 2. The van der Waals surface area contributed by atoms with Crippen molar-refractivity contribution in [1.82, 2.24) is 4.57 Å². The molecule has 0 bridgehead atoms. The van der Waals surface area contributed by atoms with Crippen LogP contribution in [0.3, 0.4) is 0 Å². The van der Waals surface area contributed by atoms with Crippen molar-refractivity contribution in [2.75, 3.05) is 6.54 Å². The third kappa shape index (κ3) is 2.67. The van der Waals surface area contributed by atoms with Gasteiger partial charge in [0.25, 0.3) is 0 Å². The van der Waals surface area contributed by atoms with Crippen molar-refractivity contribution >= 4 is 22.5 Å². The van der Waals surface area contributed by atoms with Gasteiger partial charge in [0.1, 0.15) is 5.82 Å². The van der Waals surface area contributed by atoms with Crippen molar-refractivity contribution in [3.05, 3.63) is 70.6 Å². The fraction of sp³-hybridized carbons (Fsp3) is 0.176. The second-order valence-corrected chi connectivity index (χ2v) is 5.43. The largest absolute Gasteiger partial charge is 0.343 e. The van der Waals surface area contributed by atoms with E-state index in [1.54, 1.807) is 6.07 Å². The third-order valence-electron chi connectivity index (χ3n) is 3.66. The topological polar surface area (TPSA) is 30.9 Å². The summed E-state index contributed by atoms with van der Waals surface area (Å²) in [5, 5.41) is 1.38. The number of aromatic nitrogens is 1. The van der Waals surface area contributed by atoms with Crippen molar-refractivity contribution in [2.45, 2.75) is 13.0 Å². The first-order valence-electron chi connectivity index (χ1n) is 6.90. The minimum absolute atomic E-state index is 0.190. The van der Waals surface area contributed by atoms with Gasteiger partial charge in [-0.3, -0.25) is 0 Å². The minimum Gasteiger partial charge on any atom is -0.343 e. The maximum Gasteiger partial charge on any atom is 0.142 e. The molecule has 0 amide bonds. The van der Waals surface area contributed by atoms with Crippen LogP contribution in [-0.2, 0) is 13.0 Å². The van der Waals surface area contributed by atoms with Crippen LogP contribution >= 0.6 is 11.6 Å².